The normalized spacial score (nSPS) is 12.7. The van der Waals surface area contributed by atoms with Crippen molar-refractivity contribution in [3.63, 3.8) is 0 Å². The van der Waals surface area contributed by atoms with Gasteiger partial charge in [-0.3, -0.25) is 14.4 Å². The third kappa shape index (κ3) is 69.0. The van der Waals surface area contributed by atoms with E-state index in [0.29, 0.717) is 19.3 Å². The second kappa shape index (κ2) is 70.8. The Morgan fingerprint density at radius 2 is 0.470 bits per heavy atom. The van der Waals surface area contributed by atoms with E-state index in [1.54, 1.807) is 0 Å². The first-order chi connectivity index (χ1) is 41.0. The number of hydrogen-bond acceptors (Lipinski definition) is 6. The molecule has 0 aliphatic heterocycles. The topological polar surface area (TPSA) is 78.9 Å². The van der Waals surface area contributed by atoms with Crippen LogP contribution in [0, 0.1) is 0 Å². The molecule has 6 heteroatoms. The molecule has 0 spiro atoms. The van der Waals surface area contributed by atoms with Gasteiger partial charge in [-0.1, -0.05) is 311 Å². The fourth-order valence-electron chi connectivity index (χ4n) is 10.2. The van der Waals surface area contributed by atoms with Crippen molar-refractivity contribution in [1.82, 2.24) is 0 Å². The first kappa shape index (κ1) is 79.3. The second-order valence-electron chi connectivity index (χ2n) is 23.8. The van der Waals surface area contributed by atoms with Gasteiger partial charge in [-0.2, -0.15) is 0 Å². The Bertz CT molecular complexity index is 1610. The molecule has 0 saturated carbocycles. The van der Waals surface area contributed by atoms with Gasteiger partial charge in [-0.05, 0) is 122 Å². The van der Waals surface area contributed by atoms with Gasteiger partial charge in [0.15, 0.2) is 6.10 Å². The van der Waals surface area contributed by atoms with Gasteiger partial charge in [0, 0.05) is 19.3 Å². The molecular formula is C77H134O6. The Morgan fingerprint density at radius 3 is 0.759 bits per heavy atom. The zero-order valence-corrected chi connectivity index (χ0v) is 54.9. The van der Waals surface area contributed by atoms with E-state index in [9.17, 15) is 14.4 Å². The Balaban J connectivity index is 4.27. The molecule has 0 aromatic rings. The zero-order valence-electron chi connectivity index (χ0n) is 54.9. The van der Waals surface area contributed by atoms with Crippen molar-refractivity contribution >= 4 is 17.9 Å². The van der Waals surface area contributed by atoms with E-state index in [1.807, 2.05) is 0 Å². The zero-order chi connectivity index (χ0) is 59.9. The van der Waals surface area contributed by atoms with Gasteiger partial charge in [0.05, 0.1) is 0 Å². The molecule has 0 aliphatic rings. The van der Waals surface area contributed by atoms with E-state index < -0.39 is 6.10 Å². The van der Waals surface area contributed by atoms with Crippen LogP contribution >= 0.6 is 0 Å². The molecule has 478 valence electrons. The van der Waals surface area contributed by atoms with Gasteiger partial charge >= 0.3 is 17.9 Å². The van der Waals surface area contributed by atoms with Gasteiger partial charge in [0.25, 0.3) is 0 Å². The van der Waals surface area contributed by atoms with Crippen molar-refractivity contribution in [2.24, 2.45) is 0 Å². The predicted octanol–water partition coefficient (Wildman–Crippen LogP) is 24.8. The van der Waals surface area contributed by atoms with Gasteiger partial charge in [0.2, 0.25) is 0 Å². The first-order valence-electron chi connectivity index (χ1n) is 35.7. The molecule has 1 atom stereocenters. The van der Waals surface area contributed by atoms with E-state index in [0.717, 1.165) is 109 Å². The average molecular weight is 1160 g/mol. The van der Waals surface area contributed by atoms with Gasteiger partial charge in [-0.25, -0.2) is 0 Å². The molecule has 0 radical (unpaired) electrons. The van der Waals surface area contributed by atoms with Crippen LogP contribution in [0.5, 0.6) is 0 Å². The molecule has 0 heterocycles. The first-order valence-corrected chi connectivity index (χ1v) is 35.7. The molecule has 0 saturated heterocycles. The van der Waals surface area contributed by atoms with Gasteiger partial charge < -0.3 is 14.2 Å². The summed E-state index contributed by atoms with van der Waals surface area (Å²) in [5.41, 5.74) is 0. The molecule has 0 bridgehead atoms. The predicted molar refractivity (Wildman–Crippen MR) is 362 cm³/mol. The van der Waals surface area contributed by atoms with Crippen LogP contribution in [0.15, 0.2) is 97.2 Å². The third-order valence-corrected chi connectivity index (χ3v) is 15.5. The molecular weight excluding hydrogens is 1020 g/mol. The maximum Gasteiger partial charge on any atom is 0.306 e. The summed E-state index contributed by atoms with van der Waals surface area (Å²) in [4.78, 5) is 38.4. The summed E-state index contributed by atoms with van der Waals surface area (Å²) >= 11 is 0. The van der Waals surface area contributed by atoms with E-state index in [-0.39, 0.29) is 31.1 Å². The summed E-state index contributed by atoms with van der Waals surface area (Å²) in [5, 5.41) is 0. The average Bonchev–Trinajstić information content (AvgIpc) is 3.49. The Morgan fingerprint density at radius 1 is 0.253 bits per heavy atom. The minimum atomic E-state index is -0.789. The monoisotopic (exact) mass is 1160 g/mol. The fraction of sp³-hybridized carbons (Fsp3) is 0.753. The molecule has 0 aliphatic carbocycles. The lowest BCUT2D eigenvalue weighted by Crippen LogP contribution is -2.30. The number of rotatable bonds is 65. The van der Waals surface area contributed by atoms with Crippen LogP contribution in [-0.2, 0) is 28.6 Å². The molecule has 6 nitrogen and oxygen atoms in total. The Labute approximate surface area is 515 Å². The Hall–Kier alpha value is -3.67. The summed E-state index contributed by atoms with van der Waals surface area (Å²) in [5.74, 6) is -0.887. The van der Waals surface area contributed by atoms with Gasteiger partial charge in [0.1, 0.15) is 13.2 Å². The highest BCUT2D eigenvalue weighted by Gasteiger charge is 2.19. The highest BCUT2D eigenvalue weighted by atomic mass is 16.6. The molecule has 83 heavy (non-hydrogen) atoms. The number of hydrogen-bond donors (Lipinski definition) is 0. The maximum absolute atomic E-state index is 13.0. The number of unbranched alkanes of at least 4 members (excludes halogenated alkanes) is 38. The van der Waals surface area contributed by atoms with Crippen molar-refractivity contribution < 1.29 is 28.6 Å². The number of esters is 3. The third-order valence-electron chi connectivity index (χ3n) is 15.5. The summed E-state index contributed by atoms with van der Waals surface area (Å²) < 4.78 is 17.0. The number of carbonyl (C=O) groups excluding carboxylic acids is 3. The van der Waals surface area contributed by atoms with E-state index in [1.165, 1.54) is 205 Å². The SMILES string of the molecule is CC/C=C\C/C=C\C/C=C\C/C=C\C/C=C\CCCCCCCCCC(=O)OC(COC(=O)CCCCCCC/C=C\CCCCCC)COC(=O)CCCCCCCCCCCCCCCCCCC/C=C\C/C=C\CCCCCCC. The largest absolute Gasteiger partial charge is 0.462 e. The molecule has 0 rings (SSSR count). The van der Waals surface area contributed by atoms with E-state index >= 15 is 0 Å². The molecule has 0 fully saturated rings. The number of allylic oxidation sites excluding steroid dienone is 16. The Kier molecular flexibility index (Phi) is 67.7. The maximum atomic E-state index is 13.0. The minimum absolute atomic E-state index is 0.0824. The lowest BCUT2D eigenvalue weighted by Gasteiger charge is -2.18. The summed E-state index contributed by atoms with van der Waals surface area (Å²) in [6.07, 6.45) is 95.8. The van der Waals surface area contributed by atoms with Crippen LogP contribution in [0.2, 0.25) is 0 Å². The van der Waals surface area contributed by atoms with Crippen LogP contribution in [0.4, 0.5) is 0 Å². The summed E-state index contributed by atoms with van der Waals surface area (Å²) in [6.45, 7) is 6.53. The van der Waals surface area contributed by atoms with E-state index in [2.05, 4.69) is 118 Å². The number of ether oxygens (including phenoxy) is 3. The van der Waals surface area contributed by atoms with Crippen LogP contribution in [0.25, 0.3) is 0 Å². The van der Waals surface area contributed by atoms with E-state index in [4.69, 9.17) is 14.2 Å². The van der Waals surface area contributed by atoms with Crippen LogP contribution in [0.1, 0.15) is 355 Å². The highest BCUT2D eigenvalue weighted by molar-refractivity contribution is 5.71. The summed E-state index contributed by atoms with van der Waals surface area (Å²) in [6, 6.07) is 0. The van der Waals surface area contributed by atoms with Gasteiger partial charge in [-0.15, -0.1) is 0 Å². The quantitative estimate of drug-likeness (QED) is 0.0261. The molecule has 1 unspecified atom stereocenters. The van der Waals surface area contributed by atoms with Crippen molar-refractivity contribution in [1.29, 1.82) is 0 Å². The molecule has 0 aromatic carbocycles. The lowest BCUT2D eigenvalue weighted by molar-refractivity contribution is -0.167. The second-order valence-corrected chi connectivity index (χ2v) is 23.8. The summed E-state index contributed by atoms with van der Waals surface area (Å²) in [7, 11) is 0. The van der Waals surface area contributed by atoms with Crippen LogP contribution < -0.4 is 0 Å². The standard InChI is InChI=1S/C77H134O6/c1-4-7-10-13-16-19-22-25-27-29-31-33-35-36-37-38-39-40-42-43-45-47-49-52-55-58-61-64-67-70-76(79)82-73-74(72-81-75(78)69-66-63-60-57-54-51-24-21-18-15-12-9-6-3)83-77(80)71-68-65-62-59-56-53-50-48-46-44-41-34-32-30-28-26-23-20-17-14-11-8-5-2/h8,11,17,20-22,24-26,28-29,31-32,34,44,46,74H,4-7,9-10,12-16,18-19,23,27,30,33,35-43,45,47-73H2,1-3H3/b11-8-,20-17-,24-21-,25-22-,28-26-,31-29-,34-32-,46-44-. The molecule has 0 aromatic heterocycles. The van der Waals surface area contributed by atoms with Crippen molar-refractivity contribution in [3.8, 4) is 0 Å². The fourth-order valence-corrected chi connectivity index (χ4v) is 10.2. The lowest BCUT2D eigenvalue weighted by atomic mass is 10.0. The van der Waals surface area contributed by atoms with Crippen molar-refractivity contribution in [3.05, 3.63) is 97.2 Å². The molecule has 0 N–H and O–H groups in total. The molecule has 0 amide bonds. The van der Waals surface area contributed by atoms with Crippen LogP contribution in [-0.4, -0.2) is 37.2 Å². The smallest absolute Gasteiger partial charge is 0.306 e. The van der Waals surface area contributed by atoms with Crippen molar-refractivity contribution in [2.75, 3.05) is 13.2 Å². The highest BCUT2D eigenvalue weighted by Crippen LogP contribution is 2.17. The minimum Gasteiger partial charge on any atom is -0.462 e. The van der Waals surface area contributed by atoms with Crippen LogP contribution in [0.3, 0.4) is 0 Å². The number of carbonyl (C=O) groups is 3. The van der Waals surface area contributed by atoms with Crippen molar-refractivity contribution in [2.45, 2.75) is 361 Å².